The molecule has 120 valence electrons. The lowest BCUT2D eigenvalue weighted by atomic mass is 10.1. The Bertz CT molecular complexity index is 353. The van der Waals surface area contributed by atoms with Crippen LogP contribution in [0.4, 0.5) is 0 Å². The summed E-state index contributed by atoms with van der Waals surface area (Å²) in [5.74, 6) is 0. The van der Waals surface area contributed by atoms with Crippen LogP contribution in [0.1, 0.15) is 46.5 Å². The maximum Gasteiger partial charge on any atom is 0.215 e. The standard InChI is InChI=1S/C14H31N3O2S/c1-4-8-15-11-14(3)20(18,19)16-13(2)12-17-9-6-5-7-10-17/h13-16H,4-12H2,1-3H3. The molecule has 1 rings (SSSR count). The van der Waals surface area contributed by atoms with E-state index in [9.17, 15) is 8.42 Å². The second-order valence-electron chi connectivity index (χ2n) is 5.94. The van der Waals surface area contributed by atoms with Crippen LogP contribution in [0.15, 0.2) is 0 Å². The molecular formula is C14H31N3O2S. The summed E-state index contributed by atoms with van der Waals surface area (Å²) in [6, 6.07) is -0.0216. The molecule has 0 amide bonds. The molecule has 20 heavy (non-hydrogen) atoms. The van der Waals surface area contributed by atoms with Crippen molar-refractivity contribution in [3.05, 3.63) is 0 Å². The first kappa shape index (κ1) is 17.9. The maximum atomic E-state index is 12.2. The molecule has 0 aliphatic carbocycles. The van der Waals surface area contributed by atoms with Gasteiger partial charge < -0.3 is 10.2 Å². The van der Waals surface area contributed by atoms with Crippen LogP contribution in [0.25, 0.3) is 0 Å². The summed E-state index contributed by atoms with van der Waals surface area (Å²) in [6.45, 7) is 10.2. The Morgan fingerprint density at radius 3 is 2.40 bits per heavy atom. The Balaban J connectivity index is 2.35. The molecule has 0 spiro atoms. The summed E-state index contributed by atoms with van der Waals surface area (Å²) in [5, 5.41) is 2.78. The molecule has 2 N–H and O–H groups in total. The average molecular weight is 305 g/mol. The van der Waals surface area contributed by atoms with Gasteiger partial charge in [0.2, 0.25) is 10.0 Å². The van der Waals surface area contributed by atoms with Gasteiger partial charge in [-0.15, -0.1) is 0 Å². The van der Waals surface area contributed by atoms with Crippen LogP contribution in [0, 0.1) is 0 Å². The third-order valence-electron chi connectivity index (χ3n) is 3.73. The van der Waals surface area contributed by atoms with Crippen molar-refractivity contribution in [1.29, 1.82) is 0 Å². The highest BCUT2D eigenvalue weighted by atomic mass is 32.2. The van der Waals surface area contributed by atoms with E-state index in [4.69, 9.17) is 0 Å². The molecule has 0 aromatic heterocycles. The highest BCUT2D eigenvalue weighted by Crippen LogP contribution is 2.09. The van der Waals surface area contributed by atoms with Crippen LogP contribution in [0.2, 0.25) is 0 Å². The molecule has 0 aromatic carbocycles. The number of sulfonamides is 1. The minimum Gasteiger partial charge on any atom is -0.315 e. The van der Waals surface area contributed by atoms with Crippen molar-refractivity contribution in [2.24, 2.45) is 0 Å². The van der Waals surface area contributed by atoms with E-state index in [2.05, 4.69) is 21.9 Å². The lowest BCUT2D eigenvalue weighted by molar-refractivity contribution is 0.215. The van der Waals surface area contributed by atoms with Crippen molar-refractivity contribution in [2.45, 2.75) is 57.7 Å². The topological polar surface area (TPSA) is 61.4 Å². The highest BCUT2D eigenvalue weighted by Gasteiger charge is 2.23. The van der Waals surface area contributed by atoms with Crippen molar-refractivity contribution >= 4 is 10.0 Å². The molecule has 1 aliphatic heterocycles. The molecule has 0 bridgehead atoms. The van der Waals surface area contributed by atoms with Gasteiger partial charge in [-0.2, -0.15) is 0 Å². The number of hydrogen-bond donors (Lipinski definition) is 2. The van der Waals surface area contributed by atoms with Gasteiger partial charge in [0.15, 0.2) is 0 Å². The number of rotatable bonds is 9. The summed E-state index contributed by atoms with van der Waals surface area (Å²) in [7, 11) is -3.23. The van der Waals surface area contributed by atoms with E-state index < -0.39 is 15.3 Å². The Morgan fingerprint density at radius 2 is 1.80 bits per heavy atom. The summed E-state index contributed by atoms with van der Waals surface area (Å²) < 4.78 is 27.2. The molecule has 1 fully saturated rings. The lowest BCUT2D eigenvalue weighted by Crippen LogP contribution is -2.47. The highest BCUT2D eigenvalue weighted by molar-refractivity contribution is 7.90. The van der Waals surface area contributed by atoms with Gasteiger partial charge in [0.25, 0.3) is 0 Å². The van der Waals surface area contributed by atoms with Crippen molar-refractivity contribution in [2.75, 3.05) is 32.7 Å². The van der Waals surface area contributed by atoms with Crippen molar-refractivity contribution in [3.8, 4) is 0 Å². The van der Waals surface area contributed by atoms with Gasteiger partial charge in [0.05, 0.1) is 5.25 Å². The minimum absolute atomic E-state index is 0.0216. The van der Waals surface area contributed by atoms with E-state index in [0.717, 1.165) is 32.6 Å². The number of nitrogens with one attached hydrogen (secondary N) is 2. The second-order valence-corrected chi connectivity index (χ2v) is 8.07. The van der Waals surface area contributed by atoms with Gasteiger partial charge in [0.1, 0.15) is 0 Å². The van der Waals surface area contributed by atoms with Gasteiger partial charge in [-0.25, -0.2) is 13.1 Å². The van der Waals surface area contributed by atoms with Crippen molar-refractivity contribution < 1.29 is 8.42 Å². The molecule has 0 saturated carbocycles. The predicted octanol–water partition coefficient (Wildman–Crippen LogP) is 1.17. The maximum absolute atomic E-state index is 12.2. The Hall–Kier alpha value is -0.170. The molecule has 1 saturated heterocycles. The number of piperidine rings is 1. The normalized spacial score (nSPS) is 20.8. The fraction of sp³-hybridized carbons (Fsp3) is 1.00. The van der Waals surface area contributed by atoms with E-state index in [1.54, 1.807) is 6.92 Å². The number of nitrogens with zero attached hydrogens (tertiary/aromatic N) is 1. The lowest BCUT2D eigenvalue weighted by Gasteiger charge is -2.29. The first-order chi connectivity index (χ1) is 9.45. The Labute approximate surface area is 124 Å². The quantitative estimate of drug-likeness (QED) is 0.628. The fourth-order valence-electron chi connectivity index (χ4n) is 2.55. The van der Waals surface area contributed by atoms with Gasteiger partial charge in [-0.3, -0.25) is 0 Å². The van der Waals surface area contributed by atoms with Crippen LogP contribution in [0.3, 0.4) is 0 Å². The number of likely N-dealkylation sites (tertiary alicyclic amines) is 1. The monoisotopic (exact) mass is 305 g/mol. The van der Waals surface area contributed by atoms with Gasteiger partial charge in [-0.1, -0.05) is 13.3 Å². The molecule has 1 heterocycles. The molecular weight excluding hydrogens is 274 g/mol. The Kier molecular flexibility index (Phi) is 8.02. The van der Waals surface area contributed by atoms with Gasteiger partial charge >= 0.3 is 0 Å². The summed E-state index contributed by atoms with van der Waals surface area (Å²) in [5.41, 5.74) is 0. The largest absolute Gasteiger partial charge is 0.315 e. The summed E-state index contributed by atoms with van der Waals surface area (Å²) in [6.07, 6.45) is 4.79. The van der Waals surface area contributed by atoms with Crippen molar-refractivity contribution in [1.82, 2.24) is 14.9 Å². The van der Waals surface area contributed by atoms with Crippen LogP contribution in [0.5, 0.6) is 0 Å². The first-order valence-electron chi connectivity index (χ1n) is 7.90. The smallest absolute Gasteiger partial charge is 0.215 e. The third-order valence-corrected chi connectivity index (χ3v) is 5.69. The predicted molar refractivity (Wildman–Crippen MR) is 84.4 cm³/mol. The second kappa shape index (κ2) is 8.97. The summed E-state index contributed by atoms with van der Waals surface area (Å²) in [4.78, 5) is 2.36. The van der Waals surface area contributed by atoms with Gasteiger partial charge in [0, 0.05) is 19.1 Å². The fourth-order valence-corrected chi connectivity index (χ4v) is 3.76. The first-order valence-corrected chi connectivity index (χ1v) is 9.44. The average Bonchev–Trinajstić information content (AvgIpc) is 2.39. The zero-order valence-corrected chi connectivity index (χ0v) is 14.0. The van der Waals surface area contributed by atoms with Crippen molar-refractivity contribution in [3.63, 3.8) is 0 Å². The van der Waals surface area contributed by atoms with E-state index >= 15 is 0 Å². The van der Waals surface area contributed by atoms with Crippen LogP contribution < -0.4 is 10.0 Å². The van der Waals surface area contributed by atoms with Crippen LogP contribution in [-0.2, 0) is 10.0 Å². The van der Waals surface area contributed by atoms with E-state index in [0.29, 0.717) is 6.54 Å². The molecule has 0 aromatic rings. The third kappa shape index (κ3) is 6.52. The van der Waals surface area contributed by atoms with Gasteiger partial charge in [-0.05, 0) is 52.7 Å². The molecule has 1 aliphatic rings. The van der Waals surface area contributed by atoms with E-state index in [1.165, 1.54) is 19.3 Å². The molecule has 2 unspecified atom stereocenters. The zero-order valence-electron chi connectivity index (χ0n) is 13.2. The molecule has 0 radical (unpaired) electrons. The summed E-state index contributed by atoms with van der Waals surface area (Å²) >= 11 is 0. The minimum atomic E-state index is -3.23. The van der Waals surface area contributed by atoms with Crippen LogP contribution in [-0.4, -0.2) is 57.3 Å². The number of hydrogen-bond acceptors (Lipinski definition) is 4. The molecule has 5 nitrogen and oxygen atoms in total. The SMILES string of the molecule is CCCNCC(C)S(=O)(=O)NC(C)CN1CCCCC1. The van der Waals surface area contributed by atoms with E-state index in [1.807, 2.05) is 6.92 Å². The zero-order chi connectivity index (χ0) is 15.0. The molecule has 2 atom stereocenters. The Morgan fingerprint density at radius 1 is 1.15 bits per heavy atom. The van der Waals surface area contributed by atoms with Crippen LogP contribution >= 0.6 is 0 Å². The molecule has 6 heteroatoms. The van der Waals surface area contributed by atoms with E-state index in [-0.39, 0.29) is 6.04 Å².